The van der Waals surface area contributed by atoms with Crippen LogP contribution in [0.3, 0.4) is 0 Å². The van der Waals surface area contributed by atoms with Gasteiger partial charge in [-0.05, 0) is 31.2 Å². The van der Waals surface area contributed by atoms with E-state index in [9.17, 15) is 13.6 Å². The highest BCUT2D eigenvalue weighted by Crippen LogP contribution is 2.30. The van der Waals surface area contributed by atoms with Crippen LogP contribution in [0, 0.1) is 5.41 Å². The van der Waals surface area contributed by atoms with Gasteiger partial charge in [0.1, 0.15) is 0 Å². The van der Waals surface area contributed by atoms with Crippen LogP contribution in [0.15, 0.2) is 29.2 Å². The Morgan fingerprint density at radius 2 is 2.15 bits per heavy atom. The number of carbonyl (C=O) groups is 1. The van der Waals surface area contributed by atoms with Crippen molar-refractivity contribution in [2.75, 3.05) is 18.5 Å². The minimum Gasteiger partial charge on any atom is -0.379 e. The molecule has 1 amide bonds. The van der Waals surface area contributed by atoms with Crippen LogP contribution in [-0.2, 0) is 9.53 Å². The van der Waals surface area contributed by atoms with Gasteiger partial charge >= 0.3 is 0 Å². The molecule has 7 heteroatoms. The SMILES string of the molecule is CC1(C(=O)Nc2ccc(SC(F)F)cc2)COCC1N. The first kappa shape index (κ1) is 15.2. The molecule has 0 saturated carbocycles. The second kappa shape index (κ2) is 6.07. The topological polar surface area (TPSA) is 64.3 Å². The number of anilines is 1. The van der Waals surface area contributed by atoms with E-state index in [2.05, 4.69) is 5.32 Å². The highest BCUT2D eigenvalue weighted by atomic mass is 32.2. The lowest BCUT2D eigenvalue weighted by atomic mass is 9.85. The molecule has 20 heavy (non-hydrogen) atoms. The van der Waals surface area contributed by atoms with Gasteiger partial charge in [-0.1, -0.05) is 11.8 Å². The fourth-order valence-corrected chi connectivity index (χ4v) is 2.42. The number of carbonyl (C=O) groups excluding carboxylic acids is 1. The van der Waals surface area contributed by atoms with Crippen molar-refractivity contribution in [2.24, 2.45) is 11.1 Å². The molecule has 1 aromatic carbocycles. The molecule has 1 fully saturated rings. The average Bonchev–Trinajstić information content (AvgIpc) is 2.73. The average molecular weight is 302 g/mol. The van der Waals surface area contributed by atoms with E-state index >= 15 is 0 Å². The highest BCUT2D eigenvalue weighted by molar-refractivity contribution is 7.99. The number of thioether (sulfide) groups is 1. The van der Waals surface area contributed by atoms with Crippen molar-refractivity contribution >= 4 is 23.4 Å². The van der Waals surface area contributed by atoms with Gasteiger partial charge in [-0.15, -0.1) is 0 Å². The van der Waals surface area contributed by atoms with Gasteiger partial charge in [-0.2, -0.15) is 8.78 Å². The number of amides is 1. The van der Waals surface area contributed by atoms with Crippen molar-refractivity contribution in [1.82, 2.24) is 0 Å². The van der Waals surface area contributed by atoms with E-state index in [1.54, 1.807) is 31.2 Å². The zero-order valence-electron chi connectivity index (χ0n) is 10.9. The molecule has 1 aliphatic heterocycles. The van der Waals surface area contributed by atoms with Gasteiger partial charge in [-0.25, -0.2) is 0 Å². The molecule has 0 aliphatic carbocycles. The molecule has 0 radical (unpaired) electrons. The number of rotatable bonds is 4. The molecule has 0 bridgehead atoms. The van der Waals surface area contributed by atoms with Crippen molar-refractivity contribution in [3.8, 4) is 0 Å². The normalized spacial score (nSPS) is 25.9. The maximum absolute atomic E-state index is 12.2. The fourth-order valence-electron chi connectivity index (χ4n) is 1.92. The monoisotopic (exact) mass is 302 g/mol. The Morgan fingerprint density at radius 1 is 1.50 bits per heavy atom. The quantitative estimate of drug-likeness (QED) is 0.838. The minimum atomic E-state index is -2.46. The summed E-state index contributed by atoms with van der Waals surface area (Å²) in [4.78, 5) is 12.7. The number of ether oxygens (including phenoxy) is 1. The molecule has 1 heterocycles. The van der Waals surface area contributed by atoms with Crippen LogP contribution < -0.4 is 11.1 Å². The Bertz CT molecular complexity index is 484. The van der Waals surface area contributed by atoms with Crippen LogP contribution in [0.1, 0.15) is 6.92 Å². The lowest BCUT2D eigenvalue weighted by molar-refractivity contribution is -0.125. The Labute approximate surface area is 120 Å². The van der Waals surface area contributed by atoms with E-state index < -0.39 is 11.2 Å². The van der Waals surface area contributed by atoms with E-state index in [1.807, 2.05) is 0 Å². The van der Waals surface area contributed by atoms with Crippen molar-refractivity contribution in [1.29, 1.82) is 0 Å². The number of hydrogen-bond donors (Lipinski definition) is 2. The summed E-state index contributed by atoms with van der Waals surface area (Å²) in [5.74, 6) is -2.68. The third kappa shape index (κ3) is 3.28. The van der Waals surface area contributed by atoms with Crippen molar-refractivity contribution in [2.45, 2.75) is 23.6 Å². The van der Waals surface area contributed by atoms with Crippen molar-refractivity contribution in [3.05, 3.63) is 24.3 Å². The van der Waals surface area contributed by atoms with Gasteiger partial charge in [0.15, 0.2) is 0 Å². The lowest BCUT2D eigenvalue weighted by Crippen LogP contribution is -2.47. The van der Waals surface area contributed by atoms with E-state index in [1.165, 1.54) is 0 Å². The Balaban J connectivity index is 2.01. The summed E-state index contributed by atoms with van der Waals surface area (Å²) in [6.45, 7) is 2.38. The second-order valence-electron chi connectivity index (χ2n) is 4.90. The summed E-state index contributed by atoms with van der Waals surface area (Å²) < 4.78 is 29.6. The van der Waals surface area contributed by atoms with Gasteiger partial charge in [0.05, 0.1) is 18.6 Å². The minimum absolute atomic E-state index is 0.225. The Kier molecular flexibility index (Phi) is 4.62. The number of hydrogen-bond acceptors (Lipinski definition) is 4. The first-order valence-corrected chi connectivity index (χ1v) is 6.99. The molecule has 2 rings (SSSR count). The molecular weight excluding hydrogens is 286 g/mol. The number of alkyl halides is 2. The molecular formula is C13H16F2N2O2S. The molecule has 3 N–H and O–H groups in total. The Hall–Kier alpha value is -1.18. The number of benzene rings is 1. The zero-order valence-corrected chi connectivity index (χ0v) is 11.8. The first-order chi connectivity index (χ1) is 9.41. The molecule has 1 aliphatic rings. The van der Waals surface area contributed by atoms with E-state index in [4.69, 9.17) is 10.5 Å². The van der Waals surface area contributed by atoms with E-state index in [0.29, 0.717) is 29.0 Å². The largest absolute Gasteiger partial charge is 0.379 e. The second-order valence-corrected chi connectivity index (χ2v) is 5.96. The maximum atomic E-state index is 12.2. The van der Waals surface area contributed by atoms with Gasteiger partial charge in [0.25, 0.3) is 5.76 Å². The van der Waals surface area contributed by atoms with Crippen LogP contribution in [0.4, 0.5) is 14.5 Å². The number of nitrogens with one attached hydrogen (secondary N) is 1. The summed E-state index contributed by atoms with van der Waals surface area (Å²) in [5, 5.41) is 2.74. The highest BCUT2D eigenvalue weighted by Gasteiger charge is 2.44. The molecule has 1 saturated heterocycles. The molecule has 2 unspecified atom stereocenters. The van der Waals surface area contributed by atoms with Gasteiger partial charge in [0.2, 0.25) is 5.91 Å². The standard InChI is InChI=1S/C13H16F2N2O2S/c1-13(7-19-6-10(13)16)11(18)17-8-2-4-9(5-3-8)20-12(14)15/h2-5,10,12H,6-7,16H2,1H3,(H,17,18). The zero-order chi connectivity index (χ0) is 14.8. The third-order valence-electron chi connectivity index (χ3n) is 3.37. The number of halogens is 2. The maximum Gasteiger partial charge on any atom is 0.288 e. The van der Waals surface area contributed by atoms with Crippen LogP contribution in [0.25, 0.3) is 0 Å². The van der Waals surface area contributed by atoms with Crippen molar-refractivity contribution in [3.63, 3.8) is 0 Å². The smallest absolute Gasteiger partial charge is 0.288 e. The number of nitrogens with two attached hydrogens (primary N) is 1. The molecule has 2 atom stereocenters. The van der Waals surface area contributed by atoms with Crippen LogP contribution in [0.2, 0.25) is 0 Å². The molecule has 1 aromatic rings. The van der Waals surface area contributed by atoms with Crippen LogP contribution in [0.5, 0.6) is 0 Å². The summed E-state index contributed by atoms with van der Waals surface area (Å²) >= 11 is 0.465. The summed E-state index contributed by atoms with van der Waals surface area (Å²) in [6, 6.07) is 5.91. The summed E-state index contributed by atoms with van der Waals surface area (Å²) in [5.41, 5.74) is 5.66. The van der Waals surface area contributed by atoms with Crippen LogP contribution >= 0.6 is 11.8 Å². The molecule has 0 aromatic heterocycles. The van der Waals surface area contributed by atoms with Crippen LogP contribution in [-0.4, -0.2) is 30.9 Å². The molecule has 4 nitrogen and oxygen atoms in total. The van der Waals surface area contributed by atoms with Gasteiger partial charge < -0.3 is 15.8 Å². The fraction of sp³-hybridized carbons (Fsp3) is 0.462. The van der Waals surface area contributed by atoms with Gasteiger partial charge in [-0.3, -0.25) is 4.79 Å². The molecule has 0 spiro atoms. The van der Waals surface area contributed by atoms with E-state index in [-0.39, 0.29) is 18.6 Å². The summed E-state index contributed by atoms with van der Waals surface area (Å²) in [7, 11) is 0. The third-order valence-corrected chi connectivity index (χ3v) is 4.10. The predicted octanol–water partition coefficient (Wildman–Crippen LogP) is 2.30. The summed E-state index contributed by atoms with van der Waals surface area (Å²) in [6.07, 6.45) is 0. The predicted molar refractivity (Wildman–Crippen MR) is 73.8 cm³/mol. The van der Waals surface area contributed by atoms with E-state index in [0.717, 1.165) is 0 Å². The first-order valence-electron chi connectivity index (χ1n) is 6.11. The molecule has 110 valence electrons. The Morgan fingerprint density at radius 3 is 2.65 bits per heavy atom. The lowest BCUT2D eigenvalue weighted by Gasteiger charge is -2.25. The van der Waals surface area contributed by atoms with Gasteiger partial charge in [0, 0.05) is 16.6 Å². The van der Waals surface area contributed by atoms with Crippen molar-refractivity contribution < 1.29 is 18.3 Å².